The average molecular weight is 482 g/mol. The lowest BCUT2D eigenvalue weighted by atomic mass is 10.2. The topological polar surface area (TPSA) is 51.5 Å². The molecule has 0 unspecified atom stereocenters. The summed E-state index contributed by atoms with van der Waals surface area (Å²) in [5, 5.41) is 0.837. The van der Waals surface area contributed by atoms with E-state index in [-0.39, 0.29) is 13.1 Å². The molecule has 0 aliphatic heterocycles. The van der Waals surface area contributed by atoms with Crippen LogP contribution in [0.1, 0.15) is 32.0 Å². The van der Waals surface area contributed by atoms with Crippen LogP contribution in [0, 0.1) is 0 Å². The second-order valence-corrected chi connectivity index (χ2v) is 10.4. The molecule has 3 rings (SSSR count). The molecule has 31 heavy (non-hydrogen) atoms. The Morgan fingerprint density at radius 3 is 2.16 bits per heavy atom. The van der Waals surface area contributed by atoms with Crippen molar-refractivity contribution in [3.8, 4) is 0 Å². The maximum atomic E-state index is 13.0. The fourth-order valence-electron chi connectivity index (χ4n) is 3.23. The SMILES string of the molecule is CC(C)(C)OC(=O)n1c(CN(Cc2ccccc2)C(=O)C(Cl)(Cl)Cl)cc2ccccc21. The van der Waals surface area contributed by atoms with E-state index in [9.17, 15) is 9.59 Å². The zero-order valence-corrected chi connectivity index (χ0v) is 19.7. The first-order valence-corrected chi connectivity index (χ1v) is 10.8. The van der Waals surface area contributed by atoms with Crippen molar-refractivity contribution in [3.05, 3.63) is 71.9 Å². The molecule has 0 aliphatic carbocycles. The number of carbonyl (C=O) groups is 2. The number of amides is 1. The molecule has 5 nitrogen and oxygen atoms in total. The lowest BCUT2D eigenvalue weighted by Crippen LogP contribution is -2.39. The van der Waals surface area contributed by atoms with Crippen molar-refractivity contribution in [2.75, 3.05) is 0 Å². The third kappa shape index (κ3) is 5.94. The number of para-hydroxylation sites is 1. The minimum Gasteiger partial charge on any atom is -0.443 e. The summed E-state index contributed by atoms with van der Waals surface area (Å²) in [4.78, 5) is 27.3. The Morgan fingerprint density at radius 2 is 1.55 bits per heavy atom. The Labute approximate surface area is 196 Å². The fraction of sp³-hybridized carbons (Fsp3) is 0.304. The number of alkyl halides is 3. The highest BCUT2D eigenvalue weighted by molar-refractivity contribution is 6.76. The summed E-state index contributed by atoms with van der Waals surface area (Å²) in [7, 11) is 0. The summed E-state index contributed by atoms with van der Waals surface area (Å²) < 4.78 is 4.94. The molecule has 0 saturated heterocycles. The number of aromatic nitrogens is 1. The highest BCUT2D eigenvalue weighted by Crippen LogP contribution is 2.31. The van der Waals surface area contributed by atoms with Crippen molar-refractivity contribution in [3.63, 3.8) is 0 Å². The van der Waals surface area contributed by atoms with Gasteiger partial charge in [-0.15, -0.1) is 0 Å². The van der Waals surface area contributed by atoms with Crippen LogP contribution >= 0.6 is 34.8 Å². The predicted octanol–water partition coefficient (Wildman–Crippen LogP) is 6.32. The lowest BCUT2D eigenvalue weighted by Gasteiger charge is -2.27. The van der Waals surface area contributed by atoms with Gasteiger partial charge in [0.2, 0.25) is 0 Å². The third-order valence-corrected chi connectivity index (χ3v) is 4.95. The second kappa shape index (κ2) is 9.11. The molecule has 164 valence electrons. The minimum absolute atomic E-state index is 0.0512. The van der Waals surface area contributed by atoms with Gasteiger partial charge in [-0.1, -0.05) is 83.3 Å². The van der Waals surface area contributed by atoms with E-state index in [0.717, 1.165) is 10.9 Å². The molecular weight excluding hydrogens is 459 g/mol. The van der Waals surface area contributed by atoms with Crippen LogP contribution in [-0.4, -0.2) is 30.9 Å². The Hall–Kier alpha value is -2.21. The van der Waals surface area contributed by atoms with E-state index in [1.165, 1.54) is 9.47 Å². The molecule has 8 heteroatoms. The van der Waals surface area contributed by atoms with Crippen LogP contribution in [0.25, 0.3) is 10.9 Å². The molecule has 0 spiro atoms. The predicted molar refractivity (Wildman–Crippen MR) is 125 cm³/mol. The van der Waals surface area contributed by atoms with E-state index >= 15 is 0 Å². The fourth-order valence-corrected chi connectivity index (χ4v) is 3.59. The number of hydrogen-bond acceptors (Lipinski definition) is 3. The van der Waals surface area contributed by atoms with Crippen molar-refractivity contribution in [2.45, 2.75) is 43.3 Å². The molecule has 0 aliphatic rings. The zero-order chi connectivity index (χ0) is 22.8. The van der Waals surface area contributed by atoms with Crippen LogP contribution in [-0.2, 0) is 22.6 Å². The molecule has 0 fully saturated rings. The summed E-state index contributed by atoms with van der Waals surface area (Å²) in [6.45, 7) is 5.65. The number of rotatable bonds is 4. The van der Waals surface area contributed by atoms with E-state index in [1.54, 1.807) is 20.8 Å². The van der Waals surface area contributed by atoms with E-state index in [2.05, 4.69) is 0 Å². The Kier molecular flexibility index (Phi) is 6.89. The standard InChI is InChI=1S/C23H23Cl3N2O3/c1-22(2,3)31-21(30)28-18(13-17-11-7-8-12-19(17)28)15-27(20(29)23(24,25)26)14-16-9-5-4-6-10-16/h4-13H,14-15H2,1-3H3. The van der Waals surface area contributed by atoms with E-state index in [1.807, 2.05) is 60.7 Å². The quantitative estimate of drug-likeness (QED) is 0.410. The summed E-state index contributed by atoms with van der Waals surface area (Å²) in [5.74, 6) is -0.678. The summed E-state index contributed by atoms with van der Waals surface area (Å²) in [5.41, 5.74) is 1.41. The molecule has 0 bridgehead atoms. The highest BCUT2D eigenvalue weighted by atomic mass is 35.6. The largest absolute Gasteiger partial charge is 0.443 e. The second-order valence-electron chi connectivity index (χ2n) is 8.15. The van der Waals surface area contributed by atoms with Crippen LogP contribution < -0.4 is 0 Å². The molecule has 1 heterocycles. The number of fused-ring (bicyclic) bond motifs is 1. The zero-order valence-electron chi connectivity index (χ0n) is 17.4. The van der Waals surface area contributed by atoms with Gasteiger partial charge < -0.3 is 9.64 Å². The van der Waals surface area contributed by atoms with Crippen molar-refractivity contribution < 1.29 is 14.3 Å². The molecule has 0 atom stereocenters. The van der Waals surface area contributed by atoms with Crippen LogP contribution in [0.2, 0.25) is 0 Å². The van der Waals surface area contributed by atoms with Gasteiger partial charge in [-0.05, 0) is 38.5 Å². The van der Waals surface area contributed by atoms with Crippen molar-refractivity contribution in [2.24, 2.45) is 0 Å². The van der Waals surface area contributed by atoms with Gasteiger partial charge in [0.1, 0.15) is 5.60 Å². The first-order valence-electron chi connectivity index (χ1n) is 9.68. The van der Waals surface area contributed by atoms with E-state index in [4.69, 9.17) is 39.5 Å². The summed E-state index contributed by atoms with van der Waals surface area (Å²) >= 11 is 17.8. The molecule has 1 amide bonds. The van der Waals surface area contributed by atoms with Gasteiger partial charge in [-0.25, -0.2) is 9.36 Å². The minimum atomic E-state index is -2.13. The molecule has 0 radical (unpaired) electrons. The molecule has 1 aromatic heterocycles. The van der Waals surface area contributed by atoms with Crippen LogP contribution in [0.15, 0.2) is 60.7 Å². The molecule has 0 saturated carbocycles. The molecule has 0 N–H and O–H groups in total. The van der Waals surface area contributed by atoms with Gasteiger partial charge in [0.05, 0.1) is 12.1 Å². The van der Waals surface area contributed by atoms with Gasteiger partial charge in [0.25, 0.3) is 9.70 Å². The average Bonchev–Trinajstić information content (AvgIpc) is 3.03. The van der Waals surface area contributed by atoms with Gasteiger partial charge in [-0.2, -0.15) is 0 Å². The van der Waals surface area contributed by atoms with Gasteiger partial charge in [-0.3, -0.25) is 4.79 Å². The van der Waals surface area contributed by atoms with E-state index < -0.39 is 21.4 Å². The Morgan fingerprint density at radius 1 is 0.935 bits per heavy atom. The maximum Gasteiger partial charge on any atom is 0.419 e. The number of nitrogens with zero attached hydrogens (tertiary/aromatic N) is 2. The molecule has 3 aromatic rings. The number of halogens is 3. The number of ether oxygens (including phenoxy) is 1. The third-order valence-electron chi connectivity index (χ3n) is 4.46. The van der Waals surface area contributed by atoms with Crippen LogP contribution in [0.5, 0.6) is 0 Å². The van der Waals surface area contributed by atoms with E-state index in [0.29, 0.717) is 11.2 Å². The maximum absolute atomic E-state index is 13.0. The van der Waals surface area contributed by atoms with Crippen molar-refractivity contribution >= 4 is 57.7 Å². The molecule has 2 aromatic carbocycles. The number of hydrogen-bond donors (Lipinski definition) is 0. The monoisotopic (exact) mass is 480 g/mol. The van der Waals surface area contributed by atoms with Crippen LogP contribution in [0.3, 0.4) is 0 Å². The van der Waals surface area contributed by atoms with Crippen molar-refractivity contribution in [1.82, 2.24) is 9.47 Å². The van der Waals surface area contributed by atoms with Crippen LogP contribution in [0.4, 0.5) is 4.79 Å². The number of carbonyl (C=O) groups excluding carboxylic acids is 2. The molecular formula is C23H23Cl3N2O3. The first kappa shape index (κ1) is 23.5. The Bertz CT molecular complexity index is 1080. The normalized spacial score (nSPS) is 12.1. The van der Waals surface area contributed by atoms with Gasteiger partial charge in [0.15, 0.2) is 0 Å². The van der Waals surface area contributed by atoms with Gasteiger partial charge in [0, 0.05) is 17.6 Å². The first-order chi connectivity index (χ1) is 14.5. The lowest BCUT2D eigenvalue weighted by molar-refractivity contribution is -0.131. The van der Waals surface area contributed by atoms with Gasteiger partial charge >= 0.3 is 6.09 Å². The summed E-state index contributed by atoms with van der Waals surface area (Å²) in [6.07, 6.45) is -0.537. The summed E-state index contributed by atoms with van der Waals surface area (Å²) in [6, 6.07) is 18.6. The highest BCUT2D eigenvalue weighted by Gasteiger charge is 2.36. The Balaban J connectivity index is 2.04. The smallest absolute Gasteiger partial charge is 0.419 e. The number of benzene rings is 2. The van der Waals surface area contributed by atoms with Crippen molar-refractivity contribution in [1.29, 1.82) is 0 Å².